The van der Waals surface area contributed by atoms with Crippen molar-refractivity contribution in [1.29, 1.82) is 0 Å². The average Bonchev–Trinajstić information content (AvgIpc) is 3.15. The molecule has 7 atom stereocenters. The van der Waals surface area contributed by atoms with E-state index in [2.05, 4.69) is 24.5 Å². The highest BCUT2D eigenvalue weighted by molar-refractivity contribution is 5.95. The van der Waals surface area contributed by atoms with E-state index >= 15 is 0 Å². The Kier molecular flexibility index (Phi) is 6.10. The Morgan fingerprint density at radius 3 is 2.44 bits per heavy atom. The van der Waals surface area contributed by atoms with Gasteiger partial charge in [-0.1, -0.05) is 13.8 Å². The van der Waals surface area contributed by atoms with Crippen LogP contribution in [0.1, 0.15) is 95.3 Å². The Hall–Kier alpha value is -2.17. The first kappa shape index (κ1) is 23.6. The molecule has 1 aromatic carbocycles. The number of piperidine rings is 1. The number of Topliss-reactive ketones (excluding diaryl/α,β-unsaturated/α-hetero) is 1. The van der Waals surface area contributed by atoms with E-state index in [1.54, 1.807) is 19.1 Å². The molecule has 0 aromatic heterocycles. The van der Waals surface area contributed by atoms with Crippen LogP contribution in [0.25, 0.3) is 0 Å². The largest absolute Gasteiger partial charge is 0.353 e. The first-order valence-electron chi connectivity index (χ1n) is 13.4. The SMILES string of the molecule is CC(=O)c1ccc(NC(=O)CC[C@H]2CC[C@H]3[C@@H]4CCC5NC(=O)CC[C@]5(C)[C@H]4CC[C@]23C)cc1. The number of hydrogen-bond donors (Lipinski definition) is 2. The maximum Gasteiger partial charge on any atom is 0.224 e. The van der Waals surface area contributed by atoms with Gasteiger partial charge in [0.1, 0.15) is 0 Å². The molecule has 1 unspecified atom stereocenters. The quantitative estimate of drug-likeness (QED) is 0.545. The van der Waals surface area contributed by atoms with Crippen molar-refractivity contribution in [3.05, 3.63) is 29.8 Å². The van der Waals surface area contributed by atoms with Crippen LogP contribution in [0.15, 0.2) is 24.3 Å². The van der Waals surface area contributed by atoms with E-state index in [1.165, 1.54) is 32.1 Å². The molecular formula is C29H40N2O3. The van der Waals surface area contributed by atoms with Crippen LogP contribution in [-0.2, 0) is 9.59 Å². The number of anilines is 1. The predicted octanol–water partition coefficient (Wildman–Crippen LogP) is 5.75. The Balaban J connectivity index is 1.20. The van der Waals surface area contributed by atoms with Crippen LogP contribution in [0.4, 0.5) is 5.69 Å². The van der Waals surface area contributed by atoms with E-state index in [0.717, 1.165) is 42.7 Å². The van der Waals surface area contributed by atoms with E-state index in [-0.39, 0.29) is 23.0 Å². The summed E-state index contributed by atoms with van der Waals surface area (Å²) in [6.07, 6.45) is 10.7. The van der Waals surface area contributed by atoms with Gasteiger partial charge in [-0.15, -0.1) is 0 Å². The lowest BCUT2D eigenvalue weighted by molar-refractivity contribution is -0.137. The van der Waals surface area contributed by atoms with Crippen molar-refractivity contribution in [3.63, 3.8) is 0 Å². The number of rotatable bonds is 5. The molecule has 5 heteroatoms. The van der Waals surface area contributed by atoms with Crippen molar-refractivity contribution in [2.45, 2.75) is 91.0 Å². The van der Waals surface area contributed by atoms with Gasteiger partial charge in [-0.3, -0.25) is 14.4 Å². The third-order valence-corrected chi connectivity index (χ3v) is 10.6. The van der Waals surface area contributed by atoms with E-state index in [1.807, 2.05) is 12.1 Å². The Bertz CT molecular complexity index is 972. The first-order valence-corrected chi connectivity index (χ1v) is 13.4. The van der Waals surface area contributed by atoms with Gasteiger partial charge in [0.15, 0.2) is 5.78 Å². The molecule has 0 radical (unpaired) electrons. The van der Waals surface area contributed by atoms with Gasteiger partial charge in [-0.2, -0.15) is 0 Å². The van der Waals surface area contributed by atoms with Crippen LogP contribution in [-0.4, -0.2) is 23.6 Å². The third-order valence-electron chi connectivity index (χ3n) is 10.6. The molecule has 2 N–H and O–H groups in total. The number of amides is 2. The maximum atomic E-state index is 12.7. The Labute approximate surface area is 203 Å². The molecule has 0 spiro atoms. The van der Waals surface area contributed by atoms with Gasteiger partial charge < -0.3 is 10.6 Å². The molecule has 4 aliphatic rings. The highest BCUT2D eigenvalue weighted by Gasteiger charge is 2.60. The second-order valence-corrected chi connectivity index (χ2v) is 12.1. The molecule has 1 aliphatic heterocycles. The van der Waals surface area contributed by atoms with E-state index in [9.17, 15) is 14.4 Å². The molecular weight excluding hydrogens is 424 g/mol. The van der Waals surface area contributed by atoms with Gasteiger partial charge in [0.25, 0.3) is 0 Å². The molecule has 3 saturated carbocycles. The molecule has 184 valence electrons. The van der Waals surface area contributed by atoms with Crippen LogP contribution in [0.5, 0.6) is 0 Å². The summed E-state index contributed by atoms with van der Waals surface area (Å²) in [5.74, 6) is 3.22. The fourth-order valence-electron chi connectivity index (χ4n) is 8.60. The summed E-state index contributed by atoms with van der Waals surface area (Å²) in [6, 6.07) is 7.53. The predicted molar refractivity (Wildman–Crippen MR) is 133 cm³/mol. The molecule has 34 heavy (non-hydrogen) atoms. The summed E-state index contributed by atoms with van der Waals surface area (Å²) >= 11 is 0. The standard InChI is InChI=1S/C29H40N2O3/c1-18(32)19-4-8-21(9-5-19)30-26(33)13-7-20-6-11-23-22-10-12-25-29(3,17-15-27(34)31-25)24(22)14-16-28(20,23)2/h4-5,8-9,20,22-25H,6-7,10-17H2,1-3H3,(H,30,33)(H,31,34)/t20-,22+,23+,24+,25?,28-,29-/m1/s1. The molecule has 0 bridgehead atoms. The highest BCUT2D eigenvalue weighted by atomic mass is 16.2. The zero-order valence-corrected chi connectivity index (χ0v) is 21.0. The number of benzene rings is 1. The van der Waals surface area contributed by atoms with Gasteiger partial charge in [0.2, 0.25) is 11.8 Å². The highest BCUT2D eigenvalue weighted by Crippen LogP contribution is 2.66. The van der Waals surface area contributed by atoms with Crippen LogP contribution < -0.4 is 10.6 Å². The van der Waals surface area contributed by atoms with Crippen molar-refractivity contribution in [1.82, 2.24) is 5.32 Å². The lowest BCUT2D eigenvalue weighted by atomic mass is 9.47. The van der Waals surface area contributed by atoms with Crippen molar-refractivity contribution in [2.75, 3.05) is 5.32 Å². The fraction of sp³-hybridized carbons (Fsp3) is 0.690. The summed E-state index contributed by atoms with van der Waals surface area (Å²) in [5, 5.41) is 6.35. The fourth-order valence-corrected chi connectivity index (χ4v) is 8.60. The van der Waals surface area contributed by atoms with E-state index in [4.69, 9.17) is 0 Å². The van der Waals surface area contributed by atoms with Crippen LogP contribution in [0.3, 0.4) is 0 Å². The summed E-state index contributed by atoms with van der Waals surface area (Å²) in [6.45, 7) is 6.52. The van der Waals surface area contributed by atoms with Crippen LogP contribution in [0.2, 0.25) is 0 Å². The summed E-state index contributed by atoms with van der Waals surface area (Å²) in [7, 11) is 0. The maximum absolute atomic E-state index is 12.7. The smallest absolute Gasteiger partial charge is 0.224 e. The topological polar surface area (TPSA) is 75.3 Å². The molecule has 2 amide bonds. The molecule has 1 aromatic rings. The van der Waals surface area contributed by atoms with Crippen LogP contribution >= 0.6 is 0 Å². The molecule has 1 heterocycles. The van der Waals surface area contributed by atoms with E-state index in [0.29, 0.717) is 35.8 Å². The number of ketones is 1. The van der Waals surface area contributed by atoms with Gasteiger partial charge in [0.05, 0.1) is 0 Å². The van der Waals surface area contributed by atoms with Gasteiger partial charge in [0, 0.05) is 30.1 Å². The van der Waals surface area contributed by atoms with Crippen molar-refractivity contribution >= 4 is 23.3 Å². The monoisotopic (exact) mass is 464 g/mol. The molecule has 1 saturated heterocycles. The third kappa shape index (κ3) is 3.99. The normalized spacial score (nSPS) is 38.8. The second kappa shape index (κ2) is 8.80. The zero-order chi connectivity index (χ0) is 24.1. The minimum absolute atomic E-state index is 0.0346. The number of nitrogens with one attached hydrogen (secondary N) is 2. The minimum Gasteiger partial charge on any atom is -0.353 e. The summed E-state index contributed by atoms with van der Waals surface area (Å²) in [5.41, 5.74) is 2.02. The van der Waals surface area contributed by atoms with E-state index < -0.39 is 0 Å². The summed E-state index contributed by atoms with van der Waals surface area (Å²) in [4.78, 5) is 36.2. The minimum atomic E-state index is 0.0346. The number of carbonyl (C=O) groups is 3. The molecule has 4 fully saturated rings. The van der Waals surface area contributed by atoms with Gasteiger partial charge in [-0.05, 0) is 117 Å². The average molecular weight is 465 g/mol. The molecule has 3 aliphatic carbocycles. The first-order chi connectivity index (χ1) is 16.2. The van der Waals surface area contributed by atoms with Gasteiger partial charge >= 0.3 is 0 Å². The lowest BCUT2D eigenvalue weighted by Gasteiger charge is -2.60. The molecule has 5 nitrogen and oxygen atoms in total. The second-order valence-electron chi connectivity index (χ2n) is 12.1. The van der Waals surface area contributed by atoms with Crippen LogP contribution in [0, 0.1) is 34.5 Å². The van der Waals surface area contributed by atoms with Crippen molar-refractivity contribution in [2.24, 2.45) is 34.5 Å². The van der Waals surface area contributed by atoms with Crippen molar-refractivity contribution in [3.8, 4) is 0 Å². The number of hydrogen-bond acceptors (Lipinski definition) is 3. The van der Waals surface area contributed by atoms with Gasteiger partial charge in [-0.25, -0.2) is 0 Å². The Morgan fingerprint density at radius 2 is 1.71 bits per heavy atom. The zero-order valence-electron chi connectivity index (χ0n) is 21.0. The number of fused-ring (bicyclic) bond motifs is 5. The number of carbonyl (C=O) groups excluding carboxylic acids is 3. The van der Waals surface area contributed by atoms with Crippen molar-refractivity contribution < 1.29 is 14.4 Å². The Morgan fingerprint density at radius 1 is 0.971 bits per heavy atom. The molecule has 5 rings (SSSR count). The summed E-state index contributed by atoms with van der Waals surface area (Å²) < 4.78 is 0. The lowest BCUT2D eigenvalue weighted by Crippen LogP contribution is -2.61.